The van der Waals surface area contributed by atoms with Crippen molar-refractivity contribution in [1.82, 2.24) is 9.97 Å². The molecule has 1 aliphatic heterocycles. The highest BCUT2D eigenvalue weighted by molar-refractivity contribution is 5.35. The minimum atomic E-state index is 0.461. The molecule has 0 saturated heterocycles. The number of rotatable bonds is 3. The summed E-state index contributed by atoms with van der Waals surface area (Å²) in [5.41, 5.74) is 3.73. The van der Waals surface area contributed by atoms with Gasteiger partial charge in [-0.15, -0.1) is 0 Å². The van der Waals surface area contributed by atoms with E-state index in [1.807, 2.05) is 12.3 Å². The molecule has 2 aromatic rings. The van der Waals surface area contributed by atoms with Gasteiger partial charge in [0.15, 0.2) is 0 Å². The van der Waals surface area contributed by atoms with Gasteiger partial charge in [0.05, 0.1) is 6.61 Å². The summed E-state index contributed by atoms with van der Waals surface area (Å²) >= 11 is 0. The van der Waals surface area contributed by atoms with Crippen LogP contribution < -0.4 is 4.74 Å². The van der Waals surface area contributed by atoms with E-state index in [1.54, 1.807) is 6.33 Å². The maximum Gasteiger partial charge on any atom is 0.122 e. The molecule has 1 aromatic heterocycles. The Balaban J connectivity index is 1.77. The zero-order chi connectivity index (χ0) is 13.9. The van der Waals surface area contributed by atoms with E-state index < -0.39 is 0 Å². The zero-order valence-electron chi connectivity index (χ0n) is 12.0. The Kier molecular flexibility index (Phi) is 3.68. The molecule has 3 heteroatoms. The maximum absolute atomic E-state index is 5.87. The molecular weight excluding hydrogens is 248 g/mol. The lowest BCUT2D eigenvalue weighted by molar-refractivity contribution is 0.220. The second kappa shape index (κ2) is 5.61. The first-order chi connectivity index (χ1) is 9.74. The van der Waals surface area contributed by atoms with Gasteiger partial charge in [-0.1, -0.05) is 32.0 Å². The van der Waals surface area contributed by atoms with Crippen molar-refractivity contribution >= 4 is 0 Å². The predicted molar refractivity (Wildman–Crippen MR) is 79.0 cm³/mol. The molecule has 1 aromatic carbocycles. The van der Waals surface area contributed by atoms with Crippen LogP contribution in [0.15, 0.2) is 36.8 Å². The number of fused-ring (bicyclic) bond motifs is 1. The van der Waals surface area contributed by atoms with Crippen LogP contribution in [0.25, 0.3) is 0 Å². The van der Waals surface area contributed by atoms with Crippen LogP contribution in [0.4, 0.5) is 0 Å². The quantitative estimate of drug-likeness (QED) is 0.856. The van der Waals surface area contributed by atoms with E-state index in [-0.39, 0.29) is 0 Å². The lowest BCUT2D eigenvalue weighted by atomic mass is 9.90. The monoisotopic (exact) mass is 268 g/mol. The van der Waals surface area contributed by atoms with E-state index in [4.69, 9.17) is 4.74 Å². The molecule has 104 valence electrons. The van der Waals surface area contributed by atoms with Crippen LogP contribution in [-0.2, 0) is 12.8 Å². The first-order valence-electron chi connectivity index (χ1n) is 7.23. The maximum atomic E-state index is 5.87. The molecular formula is C17H20N2O. The van der Waals surface area contributed by atoms with Gasteiger partial charge in [-0.25, -0.2) is 9.97 Å². The van der Waals surface area contributed by atoms with Gasteiger partial charge in [0.25, 0.3) is 0 Å². The Labute approximate surface area is 120 Å². The van der Waals surface area contributed by atoms with Gasteiger partial charge >= 0.3 is 0 Å². The molecule has 0 saturated carbocycles. The average molecular weight is 268 g/mol. The van der Waals surface area contributed by atoms with Crippen LogP contribution in [-0.4, -0.2) is 16.6 Å². The topological polar surface area (TPSA) is 35.0 Å². The summed E-state index contributed by atoms with van der Waals surface area (Å²) in [6.45, 7) is 5.16. The molecule has 3 rings (SSSR count). The van der Waals surface area contributed by atoms with Crippen molar-refractivity contribution in [2.75, 3.05) is 6.61 Å². The van der Waals surface area contributed by atoms with Crippen LogP contribution in [0.3, 0.4) is 0 Å². The highest BCUT2D eigenvalue weighted by Gasteiger charge is 2.21. The molecule has 1 atom stereocenters. The largest absolute Gasteiger partial charge is 0.493 e. The number of hydrogen-bond donors (Lipinski definition) is 0. The summed E-state index contributed by atoms with van der Waals surface area (Å²) in [6, 6.07) is 8.32. The Morgan fingerprint density at radius 2 is 2.15 bits per heavy atom. The molecule has 1 aliphatic rings. The number of nitrogens with zero attached hydrogens (tertiary/aromatic N) is 2. The van der Waals surface area contributed by atoms with E-state index in [0.717, 1.165) is 25.2 Å². The Bertz CT molecular complexity index is 595. The molecule has 0 amide bonds. The third kappa shape index (κ3) is 2.67. The van der Waals surface area contributed by atoms with Crippen LogP contribution in [0, 0.1) is 5.92 Å². The first-order valence-corrected chi connectivity index (χ1v) is 7.23. The number of ether oxygens (including phenoxy) is 1. The van der Waals surface area contributed by atoms with Crippen molar-refractivity contribution in [2.45, 2.75) is 32.6 Å². The van der Waals surface area contributed by atoms with Gasteiger partial charge in [-0.3, -0.25) is 0 Å². The van der Waals surface area contributed by atoms with Gasteiger partial charge in [0, 0.05) is 17.8 Å². The van der Waals surface area contributed by atoms with E-state index in [1.165, 1.54) is 16.8 Å². The summed E-state index contributed by atoms with van der Waals surface area (Å²) in [5, 5.41) is 0. The van der Waals surface area contributed by atoms with Gasteiger partial charge in [-0.2, -0.15) is 0 Å². The van der Waals surface area contributed by atoms with Crippen LogP contribution in [0.5, 0.6) is 5.75 Å². The van der Waals surface area contributed by atoms with E-state index in [9.17, 15) is 0 Å². The molecule has 0 radical (unpaired) electrons. The second-order valence-electron chi connectivity index (χ2n) is 5.77. The Morgan fingerprint density at radius 1 is 1.30 bits per heavy atom. The summed E-state index contributed by atoms with van der Waals surface area (Å²) in [6.07, 6.45) is 5.63. The van der Waals surface area contributed by atoms with Crippen molar-refractivity contribution in [2.24, 2.45) is 5.92 Å². The molecule has 0 N–H and O–H groups in total. The van der Waals surface area contributed by atoms with E-state index in [0.29, 0.717) is 11.8 Å². The summed E-state index contributed by atoms with van der Waals surface area (Å²) in [4.78, 5) is 8.64. The van der Waals surface area contributed by atoms with Gasteiger partial charge < -0.3 is 4.74 Å². The smallest absolute Gasteiger partial charge is 0.122 e. The zero-order valence-corrected chi connectivity index (χ0v) is 12.0. The van der Waals surface area contributed by atoms with Gasteiger partial charge in [0.2, 0.25) is 0 Å². The van der Waals surface area contributed by atoms with Crippen molar-refractivity contribution < 1.29 is 4.74 Å². The van der Waals surface area contributed by atoms with E-state index in [2.05, 4.69) is 42.0 Å². The highest BCUT2D eigenvalue weighted by Crippen LogP contribution is 2.29. The Morgan fingerprint density at radius 3 is 3.00 bits per heavy atom. The van der Waals surface area contributed by atoms with Gasteiger partial charge in [-0.05, 0) is 36.0 Å². The first kappa shape index (κ1) is 13.1. The SMILES string of the molecule is CC(C)c1cncnc1C[C@H]1COc2ccccc2C1. The summed E-state index contributed by atoms with van der Waals surface area (Å²) in [5.74, 6) is 2.00. The number of hydrogen-bond acceptors (Lipinski definition) is 3. The lowest BCUT2D eigenvalue weighted by Gasteiger charge is -2.25. The lowest BCUT2D eigenvalue weighted by Crippen LogP contribution is -2.23. The van der Waals surface area contributed by atoms with Crippen LogP contribution >= 0.6 is 0 Å². The molecule has 0 bridgehead atoms. The van der Waals surface area contributed by atoms with E-state index >= 15 is 0 Å². The fourth-order valence-electron chi connectivity index (χ4n) is 2.81. The van der Waals surface area contributed by atoms with Crippen molar-refractivity contribution in [3.05, 3.63) is 53.6 Å². The second-order valence-corrected chi connectivity index (χ2v) is 5.77. The third-order valence-corrected chi connectivity index (χ3v) is 3.89. The summed E-state index contributed by atoms with van der Waals surface area (Å²) < 4.78 is 5.87. The fourth-order valence-corrected chi connectivity index (χ4v) is 2.81. The average Bonchev–Trinajstić information content (AvgIpc) is 2.47. The molecule has 0 spiro atoms. The van der Waals surface area contributed by atoms with Crippen molar-refractivity contribution in [1.29, 1.82) is 0 Å². The minimum Gasteiger partial charge on any atom is -0.493 e. The molecule has 0 fully saturated rings. The predicted octanol–water partition coefficient (Wildman–Crippen LogP) is 3.39. The number of benzene rings is 1. The van der Waals surface area contributed by atoms with Crippen molar-refractivity contribution in [3.63, 3.8) is 0 Å². The third-order valence-electron chi connectivity index (χ3n) is 3.89. The highest BCUT2D eigenvalue weighted by atomic mass is 16.5. The molecule has 2 heterocycles. The molecule has 0 aliphatic carbocycles. The van der Waals surface area contributed by atoms with Crippen molar-refractivity contribution in [3.8, 4) is 5.75 Å². The van der Waals surface area contributed by atoms with Crippen LogP contribution in [0.1, 0.15) is 36.6 Å². The van der Waals surface area contributed by atoms with Crippen LogP contribution in [0.2, 0.25) is 0 Å². The molecule has 0 unspecified atom stereocenters. The molecule has 3 nitrogen and oxygen atoms in total. The molecule has 20 heavy (non-hydrogen) atoms. The number of aromatic nitrogens is 2. The normalized spacial score (nSPS) is 17.6. The number of para-hydroxylation sites is 1. The van der Waals surface area contributed by atoms with Gasteiger partial charge in [0.1, 0.15) is 12.1 Å². The standard InChI is InChI=1S/C17H20N2O/c1-12(2)15-9-18-11-19-16(15)8-13-7-14-5-3-4-6-17(14)20-10-13/h3-6,9,11-13H,7-8,10H2,1-2H3/t13-/m0/s1. The Hall–Kier alpha value is -1.90. The summed E-state index contributed by atoms with van der Waals surface area (Å²) in [7, 11) is 0. The minimum absolute atomic E-state index is 0.461. The fraction of sp³-hybridized carbons (Fsp3) is 0.412.